The Morgan fingerprint density at radius 1 is 1.31 bits per heavy atom. The Labute approximate surface area is 152 Å². The van der Waals surface area contributed by atoms with Crippen molar-refractivity contribution in [2.24, 2.45) is 0 Å². The van der Waals surface area contributed by atoms with E-state index < -0.39 is 0 Å². The molecule has 3 aromatic rings. The second kappa shape index (κ2) is 8.33. The number of rotatable bonds is 7. The number of nitrogens with one attached hydrogen (secondary N) is 2. The summed E-state index contributed by atoms with van der Waals surface area (Å²) in [6.07, 6.45) is 5.47. The van der Waals surface area contributed by atoms with Crippen LogP contribution in [0.1, 0.15) is 24.6 Å². The van der Waals surface area contributed by atoms with Gasteiger partial charge in [0, 0.05) is 25.0 Å². The quantitative estimate of drug-likeness (QED) is 0.639. The van der Waals surface area contributed by atoms with E-state index in [0.29, 0.717) is 24.6 Å². The van der Waals surface area contributed by atoms with Gasteiger partial charge in [-0.3, -0.25) is 0 Å². The third-order valence-electron chi connectivity index (χ3n) is 3.85. The van der Waals surface area contributed by atoms with Crippen LogP contribution < -0.4 is 15.4 Å². The fraction of sp³-hybridized carbons (Fsp3) is 0.316. The normalized spacial score (nSPS) is 10.7. The van der Waals surface area contributed by atoms with Crippen molar-refractivity contribution in [2.45, 2.75) is 26.7 Å². The number of aryl methyl sites for hydroxylation is 2. The van der Waals surface area contributed by atoms with Gasteiger partial charge in [0.15, 0.2) is 5.65 Å². The molecule has 26 heavy (non-hydrogen) atoms. The molecule has 2 aromatic heterocycles. The van der Waals surface area contributed by atoms with E-state index in [0.717, 1.165) is 29.7 Å². The fourth-order valence-corrected chi connectivity index (χ4v) is 2.68. The molecular formula is C19H23N5O2. The van der Waals surface area contributed by atoms with Crippen molar-refractivity contribution >= 4 is 17.4 Å². The Kier molecular flexibility index (Phi) is 5.68. The van der Waals surface area contributed by atoms with E-state index in [-0.39, 0.29) is 6.03 Å². The molecule has 2 heterocycles. The lowest BCUT2D eigenvalue weighted by Gasteiger charge is -2.12. The van der Waals surface area contributed by atoms with Gasteiger partial charge in [0.2, 0.25) is 0 Å². The van der Waals surface area contributed by atoms with Crippen LogP contribution in [-0.4, -0.2) is 33.8 Å². The zero-order valence-electron chi connectivity index (χ0n) is 15.0. The van der Waals surface area contributed by atoms with Crippen LogP contribution in [0.15, 0.2) is 42.7 Å². The predicted octanol–water partition coefficient (Wildman–Crippen LogP) is 3.19. The van der Waals surface area contributed by atoms with E-state index in [2.05, 4.69) is 20.7 Å². The lowest BCUT2D eigenvalue weighted by molar-refractivity contribution is 0.251. The largest absolute Gasteiger partial charge is 0.492 e. The number of para-hydroxylation sites is 2. The van der Waals surface area contributed by atoms with Gasteiger partial charge in [0.25, 0.3) is 0 Å². The third-order valence-corrected chi connectivity index (χ3v) is 3.85. The number of hydrogen-bond acceptors (Lipinski definition) is 4. The smallest absolute Gasteiger partial charge is 0.319 e. The highest BCUT2D eigenvalue weighted by atomic mass is 16.5. The maximum absolute atomic E-state index is 12.1. The number of ether oxygens (including phenoxy) is 1. The molecule has 0 saturated carbocycles. The molecule has 3 rings (SSSR count). The molecule has 2 N–H and O–H groups in total. The Morgan fingerprint density at radius 3 is 3.00 bits per heavy atom. The topological polar surface area (TPSA) is 80.5 Å². The maximum atomic E-state index is 12.1. The van der Waals surface area contributed by atoms with Gasteiger partial charge in [-0.15, -0.1) is 0 Å². The predicted molar refractivity (Wildman–Crippen MR) is 101 cm³/mol. The van der Waals surface area contributed by atoms with E-state index in [9.17, 15) is 4.79 Å². The summed E-state index contributed by atoms with van der Waals surface area (Å²) in [6, 6.07) is 9.08. The molecule has 1 aromatic carbocycles. The number of anilines is 1. The van der Waals surface area contributed by atoms with Gasteiger partial charge in [0.05, 0.1) is 18.0 Å². The Bertz CT molecular complexity index is 891. The number of hydrogen-bond donors (Lipinski definition) is 2. The zero-order valence-corrected chi connectivity index (χ0v) is 15.0. The highest BCUT2D eigenvalue weighted by Gasteiger charge is 2.07. The summed E-state index contributed by atoms with van der Waals surface area (Å²) in [7, 11) is 0. The molecule has 7 nitrogen and oxygen atoms in total. The molecule has 0 bridgehead atoms. The Morgan fingerprint density at radius 2 is 2.15 bits per heavy atom. The molecule has 0 aliphatic carbocycles. The first kappa shape index (κ1) is 17.7. The highest BCUT2D eigenvalue weighted by molar-refractivity contribution is 5.90. The number of nitrogens with zero attached hydrogens (tertiary/aromatic N) is 3. The van der Waals surface area contributed by atoms with Crippen molar-refractivity contribution in [3.63, 3.8) is 0 Å². The van der Waals surface area contributed by atoms with Gasteiger partial charge in [-0.05, 0) is 44.4 Å². The van der Waals surface area contributed by atoms with Crippen molar-refractivity contribution in [3.8, 4) is 5.75 Å². The lowest BCUT2D eigenvalue weighted by Crippen LogP contribution is -2.30. The second-order valence-electron chi connectivity index (χ2n) is 5.96. The summed E-state index contributed by atoms with van der Waals surface area (Å²) in [4.78, 5) is 16.4. The van der Waals surface area contributed by atoms with Gasteiger partial charge in [0.1, 0.15) is 5.75 Å². The van der Waals surface area contributed by atoms with E-state index in [1.807, 2.05) is 56.6 Å². The highest BCUT2D eigenvalue weighted by Crippen LogP contribution is 2.23. The molecule has 0 fully saturated rings. The number of benzene rings is 1. The number of amides is 2. The monoisotopic (exact) mass is 353 g/mol. The average molecular weight is 353 g/mol. The van der Waals surface area contributed by atoms with Crippen LogP contribution >= 0.6 is 0 Å². The number of aromatic nitrogens is 3. The summed E-state index contributed by atoms with van der Waals surface area (Å²) >= 11 is 0. The van der Waals surface area contributed by atoms with Crippen molar-refractivity contribution in [1.29, 1.82) is 0 Å². The molecule has 0 saturated heterocycles. The van der Waals surface area contributed by atoms with Crippen LogP contribution in [0.25, 0.3) is 5.65 Å². The summed E-state index contributed by atoms with van der Waals surface area (Å²) in [5.41, 5.74) is 3.54. The van der Waals surface area contributed by atoms with Crippen LogP contribution in [-0.2, 0) is 6.42 Å². The molecule has 2 amide bonds. The SMILES string of the molecule is CCOc1ccccc1NC(=O)NCCCc1cnc2cc(C)nn2c1. The van der Waals surface area contributed by atoms with Gasteiger partial charge in [-0.2, -0.15) is 5.10 Å². The second-order valence-corrected chi connectivity index (χ2v) is 5.96. The van der Waals surface area contributed by atoms with Crippen LogP contribution in [0.3, 0.4) is 0 Å². The molecule has 0 radical (unpaired) electrons. The number of carbonyl (C=O) groups is 1. The summed E-state index contributed by atoms with van der Waals surface area (Å²) in [5, 5.41) is 10.0. The van der Waals surface area contributed by atoms with Gasteiger partial charge in [-0.25, -0.2) is 14.3 Å². The van der Waals surface area contributed by atoms with Gasteiger partial charge >= 0.3 is 6.03 Å². The molecule has 0 atom stereocenters. The van der Waals surface area contributed by atoms with Crippen molar-refractivity contribution < 1.29 is 9.53 Å². The van der Waals surface area contributed by atoms with Crippen molar-refractivity contribution in [2.75, 3.05) is 18.5 Å². The number of urea groups is 1. The Hall–Kier alpha value is -3.09. The molecule has 0 spiro atoms. The van der Waals surface area contributed by atoms with E-state index in [1.54, 1.807) is 4.52 Å². The number of carbonyl (C=O) groups excluding carboxylic acids is 1. The van der Waals surface area contributed by atoms with Gasteiger partial charge < -0.3 is 15.4 Å². The van der Waals surface area contributed by atoms with Crippen molar-refractivity contribution in [3.05, 3.63) is 54.0 Å². The zero-order chi connectivity index (χ0) is 18.4. The first-order chi connectivity index (χ1) is 12.7. The minimum Gasteiger partial charge on any atom is -0.492 e. The van der Waals surface area contributed by atoms with Crippen LogP contribution in [0.2, 0.25) is 0 Å². The average Bonchev–Trinajstić information content (AvgIpc) is 3.00. The molecule has 0 aliphatic heterocycles. The molecule has 7 heteroatoms. The summed E-state index contributed by atoms with van der Waals surface area (Å²) < 4.78 is 7.29. The van der Waals surface area contributed by atoms with E-state index in [4.69, 9.17) is 4.74 Å². The first-order valence-electron chi connectivity index (χ1n) is 8.73. The fourth-order valence-electron chi connectivity index (χ4n) is 2.68. The molecule has 0 aliphatic rings. The standard InChI is InChI=1S/C19H23N5O2/c1-3-26-17-9-5-4-8-16(17)22-19(25)20-10-6-7-15-12-21-18-11-14(2)23-24(18)13-15/h4-5,8-9,11-13H,3,6-7,10H2,1-2H3,(H2,20,22,25). The number of fused-ring (bicyclic) bond motifs is 1. The van der Waals surface area contributed by atoms with Crippen LogP contribution in [0, 0.1) is 6.92 Å². The van der Waals surface area contributed by atoms with Gasteiger partial charge in [-0.1, -0.05) is 12.1 Å². The van der Waals surface area contributed by atoms with Crippen LogP contribution in [0.5, 0.6) is 5.75 Å². The van der Waals surface area contributed by atoms with E-state index >= 15 is 0 Å². The van der Waals surface area contributed by atoms with Crippen molar-refractivity contribution in [1.82, 2.24) is 19.9 Å². The minimum absolute atomic E-state index is 0.242. The van der Waals surface area contributed by atoms with E-state index in [1.165, 1.54) is 0 Å². The minimum atomic E-state index is -0.242. The summed E-state index contributed by atoms with van der Waals surface area (Å²) in [6.45, 7) is 4.97. The maximum Gasteiger partial charge on any atom is 0.319 e. The lowest BCUT2D eigenvalue weighted by atomic mass is 10.2. The Balaban J connectivity index is 1.46. The third kappa shape index (κ3) is 4.50. The van der Waals surface area contributed by atoms with Crippen LogP contribution in [0.4, 0.5) is 10.5 Å². The first-order valence-corrected chi connectivity index (χ1v) is 8.73. The molecular weight excluding hydrogens is 330 g/mol. The molecule has 136 valence electrons. The molecule has 0 unspecified atom stereocenters. The summed E-state index contributed by atoms with van der Waals surface area (Å²) in [5.74, 6) is 0.666.